The maximum absolute atomic E-state index is 13.0. The Morgan fingerprint density at radius 1 is 1.46 bits per heavy atom. The highest BCUT2D eigenvalue weighted by Gasteiger charge is 2.37. The van der Waals surface area contributed by atoms with Crippen LogP contribution in [0.1, 0.15) is 29.9 Å². The number of aromatic nitrogens is 2. The van der Waals surface area contributed by atoms with E-state index in [2.05, 4.69) is 9.82 Å². The Balaban J connectivity index is 1.85. The highest BCUT2D eigenvalue weighted by Crippen LogP contribution is 2.31. The first-order valence-electron chi connectivity index (χ1n) is 8.24. The average molecular weight is 398 g/mol. The van der Waals surface area contributed by atoms with Crippen LogP contribution in [0, 0.1) is 5.41 Å². The van der Waals surface area contributed by atoms with E-state index in [1.165, 1.54) is 16.9 Å². The summed E-state index contributed by atoms with van der Waals surface area (Å²) < 4.78 is 29.4. The number of carbonyl (C=O) groups is 1. The number of nitrogens with zero attached hydrogens (tertiary/aromatic N) is 3. The molecule has 1 aliphatic heterocycles. The van der Waals surface area contributed by atoms with Crippen molar-refractivity contribution in [2.24, 2.45) is 18.2 Å². The molecule has 0 bridgehead atoms. The van der Waals surface area contributed by atoms with Crippen LogP contribution in [0.4, 0.5) is 5.69 Å². The first kappa shape index (κ1) is 18.9. The molecule has 3 N–H and O–H groups in total. The highest BCUT2D eigenvalue weighted by molar-refractivity contribution is 7.93. The number of hydrogen-bond donors (Lipinski definition) is 2. The predicted octanol–water partition coefficient (Wildman–Crippen LogP) is 1.48. The third kappa shape index (κ3) is 3.62. The summed E-state index contributed by atoms with van der Waals surface area (Å²) in [5.74, 6) is -0.272. The van der Waals surface area contributed by atoms with Crippen molar-refractivity contribution in [3.63, 3.8) is 0 Å². The highest BCUT2D eigenvalue weighted by atomic mass is 32.2. The third-order valence-electron chi connectivity index (χ3n) is 4.67. The van der Waals surface area contributed by atoms with Crippen LogP contribution in [-0.2, 0) is 17.1 Å². The van der Waals surface area contributed by atoms with Crippen LogP contribution < -0.4 is 10.5 Å². The molecule has 142 valence electrons. The molecule has 1 unspecified atom stereocenters. The Bertz CT molecular complexity index is 916. The van der Waals surface area contributed by atoms with Gasteiger partial charge in [0, 0.05) is 32.4 Å². The fourth-order valence-corrected chi connectivity index (χ4v) is 5.46. The van der Waals surface area contributed by atoms with Gasteiger partial charge in [-0.15, -0.1) is 11.3 Å². The van der Waals surface area contributed by atoms with Crippen LogP contribution in [0.2, 0.25) is 0 Å². The average Bonchev–Trinajstić information content (AvgIpc) is 3.18. The second kappa shape index (κ2) is 6.67. The summed E-state index contributed by atoms with van der Waals surface area (Å²) in [5.41, 5.74) is 6.27. The van der Waals surface area contributed by atoms with E-state index in [4.69, 9.17) is 5.73 Å². The van der Waals surface area contributed by atoms with Crippen molar-refractivity contribution in [2.45, 2.75) is 31.2 Å². The summed E-state index contributed by atoms with van der Waals surface area (Å²) >= 11 is 1.13. The Hall–Kier alpha value is -1.91. The number of carbonyl (C=O) groups excluding carboxylic acids is 1. The monoisotopic (exact) mass is 397 g/mol. The third-order valence-corrected chi connectivity index (χ3v) is 7.12. The molecule has 1 atom stereocenters. The van der Waals surface area contributed by atoms with E-state index in [1.54, 1.807) is 23.5 Å². The minimum atomic E-state index is -3.88. The van der Waals surface area contributed by atoms with Gasteiger partial charge >= 0.3 is 0 Å². The molecule has 1 saturated heterocycles. The Morgan fingerprint density at radius 2 is 2.19 bits per heavy atom. The van der Waals surface area contributed by atoms with Gasteiger partial charge in [0.2, 0.25) is 0 Å². The molecule has 0 spiro atoms. The number of thiophene rings is 1. The first-order chi connectivity index (χ1) is 12.1. The molecule has 26 heavy (non-hydrogen) atoms. The number of nitrogens with one attached hydrogen (secondary N) is 1. The molecule has 2 aromatic heterocycles. The topological polar surface area (TPSA) is 110 Å². The summed E-state index contributed by atoms with van der Waals surface area (Å²) in [6.45, 7) is 5.07. The zero-order valence-electron chi connectivity index (χ0n) is 15.0. The van der Waals surface area contributed by atoms with Crippen molar-refractivity contribution in [2.75, 3.05) is 17.8 Å². The Labute approximate surface area is 157 Å². The van der Waals surface area contributed by atoms with Crippen molar-refractivity contribution in [1.29, 1.82) is 0 Å². The summed E-state index contributed by atoms with van der Waals surface area (Å²) in [7, 11) is -2.18. The number of anilines is 1. The number of sulfonamides is 1. The van der Waals surface area contributed by atoms with Gasteiger partial charge in [-0.05, 0) is 23.3 Å². The minimum absolute atomic E-state index is 0.0102. The molecule has 0 aromatic carbocycles. The first-order valence-corrected chi connectivity index (χ1v) is 10.6. The zero-order chi connectivity index (χ0) is 19.1. The van der Waals surface area contributed by atoms with Gasteiger partial charge in [-0.1, -0.05) is 13.8 Å². The van der Waals surface area contributed by atoms with Crippen LogP contribution >= 0.6 is 11.3 Å². The van der Waals surface area contributed by atoms with E-state index in [-0.39, 0.29) is 27.1 Å². The normalized spacial score (nSPS) is 20.2. The van der Waals surface area contributed by atoms with E-state index in [0.717, 1.165) is 11.3 Å². The molecule has 1 aliphatic rings. The number of piperidine rings is 1. The van der Waals surface area contributed by atoms with E-state index >= 15 is 0 Å². The molecular formula is C16H23N5O3S2. The number of aryl methyl sites for hydroxylation is 1. The van der Waals surface area contributed by atoms with Crippen molar-refractivity contribution >= 4 is 33.0 Å². The molecule has 1 amide bonds. The molecule has 3 rings (SSSR count). The van der Waals surface area contributed by atoms with Gasteiger partial charge in [-0.25, -0.2) is 8.42 Å². The standard InChI is InChI=1S/C16H23N5O3S2/c1-16(2)10-21(6-4-13(16)17)15(22)14-12(5-7-25-14)26(23,24)19-11-8-18-20(3)9-11/h5,7-9,13,19H,4,6,10,17H2,1-3H3. The van der Waals surface area contributed by atoms with Gasteiger partial charge in [-0.2, -0.15) is 5.10 Å². The molecule has 0 saturated carbocycles. The van der Waals surface area contributed by atoms with Gasteiger partial charge < -0.3 is 10.6 Å². The molecule has 3 heterocycles. The molecule has 0 radical (unpaired) electrons. The number of likely N-dealkylation sites (tertiary alicyclic amines) is 1. The van der Waals surface area contributed by atoms with E-state index < -0.39 is 10.0 Å². The lowest BCUT2D eigenvalue weighted by Crippen LogP contribution is -2.54. The molecular weight excluding hydrogens is 374 g/mol. The van der Waals surface area contributed by atoms with Crippen molar-refractivity contribution < 1.29 is 13.2 Å². The van der Waals surface area contributed by atoms with Crippen LogP contribution in [0.15, 0.2) is 28.7 Å². The number of rotatable bonds is 4. The lowest BCUT2D eigenvalue weighted by Gasteiger charge is -2.42. The fraction of sp³-hybridized carbons (Fsp3) is 0.500. The van der Waals surface area contributed by atoms with Crippen LogP contribution in [0.5, 0.6) is 0 Å². The number of amides is 1. The summed E-state index contributed by atoms with van der Waals surface area (Å²) in [5, 5.41) is 5.56. The number of hydrogen-bond acceptors (Lipinski definition) is 6. The molecule has 1 fully saturated rings. The maximum Gasteiger partial charge on any atom is 0.265 e. The van der Waals surface area contributed by atoms with Crippen molar-refractivity contribution in [3.05, 3.63) is 28.7 Å². The lowest BCUT2D eigenvalue weighted by molar-refractivity contribution is 0.0534. The van der Waals surface area contributed by atoms with E-state index in [1.807, 2.05) is 13.8 Å². The van der Waals surface area contributed by atoms with Gasteiger partial charge in [0.25, 0.3) is 15.9 Å². The fourth-order valence-electron chi connectivity index (χ4n) is 3.04. The summed E-state index contributed by atoms with van der Waals surface area (Å²) in [6, 6.07) is 1.47. The summed E-state index contributed by atoms with van der Waals surface area (Å²) in [4.78, 5) is 14.9. The van der Waals surface area contributed by atoms with Crippen molar-refractivity contribution in [3.8, 4) is 0 Å². The van der Waals surface area contributed by atoms with Crippen molar-refractivity contribution in [1.82, 2.24) is 14.7 Å². The molecule has 10 heteroatoms. The van der Waals surface area contributed by atoms with Crippen LogP contribution in [-0.4, -0.2) is 48.1 Å². The quantitative estimate of drug-likeness (QED) is 0.812. The Kier molecular flexibility index (Phi) is 4.84. The minimum Gasteiger partial charge on any atom is -0.337 e. The van der Waals surface area contributed by atoms with E-state index in [9.17, 15) is 13.2 Å². The van der Waals surface area contributed by atoms with Gasteiger partial charge in [0.1, 0.15) is 9.77 Å². The maximum atomic E-state index is 13.0. The van der Waals surface area contributed by atoms with Gasteiger partial charge in [0.05, 0.1) is 11.9 Å². The van der Waals surface area contributed by atoms with Crippen LogP contribution in [0.25, 0.3) is 0 Å². The summed E-state index contributed by atoms with van der Waals surface area (Å²) in [6.07, 6.45) is 3.67. The molecule has 2 aromatic rings. The lowest BCUT2D eigenvalue weighted by atomic mass is 9.79. The van der Waals surface area contributed by atoms with E-state index in [0.29, 0.717) is 25.2 Å². The van der Waals surface area contributed by atoms with Gasteiger partial charge in [0.15, 0.2) is 0 Å². The van der Waals surface area contributed by atoms with Crippen LogP contribution in [0.3, 0.4) is 0 Å². The largest absolute Gasteiger partial charge is 0.337 e. The Morgan fingerprint density at radius 3 is 2.81 bits per heavy atom. The molecule has 0 aliphatic carbocycles. The second-order valence-electron chi connectivity index (χ2n) is 7.23. The smallest absolute Gasteiger partial charge is 0.265 e. The SMILES string of the molecule is Cn1cc(NS(=O)(=O)c2ccsc2C(=O)N2CCC(N)C(C)(C)C2)cn1. The zero-order valence-corrected chi connectivity index (χ0v) is 16.6. The number of nitrogens with two attached hydrogens (primary N) is 1. The second-order valence-corrected chi connectivity index (χ2v) is 9.80. The predicted molar refractivity (Wildman–Crippen MR) is 101 cm³/mol. The van der Waals surface area contributed by atoms with Gasteiger partial charge in [-0.3, -0.25) is 14.2 Å². The molecule has 8 nitrogen and oxygen atoms in total.